The predicted molar refractivity (Wildman–Crippen MR) is 43.4 cm³/mol. The first-order valence-corrected chi connectivity index (χ1v) is 5.04. The van der Waals surface area contributed by atoms with Gasteiger partial charge in [0, 0.05) is 12.1 Å². The Balaban J connectivity index is 2.98. The lowest BCUT2D eigenvalue weighted by Gasteiger charge is -2.01. The van der Waals surface area contributed by atoms with Gasteiger partial charge in [0.2, 0.25) is 5.69 Å². The van der Waals surface area contributed by atoms with E-state index in [9.17, 15) is 13.6 Å². The van der Waals surface area contributed by atoms with Crippen molar-refractivity contribution in [3.63, 3.8) is 0 Å². The third kappa shape index (κ3) is 2.50. The maximum atomic E-state index is 10.9. The molecule has 0 aromatic carbocycles. The van der Waals surface area contributed by atoms with Crippen LogP contribution in [0.15, 0.2) is 24.4 Å². The average molecular weight is 186 g/mol. The number of rotatable bonds is 2. The summed E-state index contributed by atoms with van der Waals surface area (Å²) in [4.78, 5) is 0. The molecule has 0 fully saturated rings. The lowest BCUT2D eigenvalue weighted by molar-refractivity contribution is -0.612. The van der Waals surface area contributed by atoms with E-state index in [2.05, 4.69) is 6.26 Å². The molecule has 0 N–H and O–H groups in total. The summed E-state index contributed by atoms with van der Waals surface area (Å²) in [6, 6.07) is 4.59. The lowest BCUT2D eigenvalue weighted by Crippen LogP contribution is -2.31. The Morgan fingerprint density at radius 1 is 1.50 bits per heavy atom. The summed E-state index contributed by atoms with van der Waals surface area (Å²) < 4.78 is 21.9. The van der Waals surface area contributed by atoms with Crippen LogP contribution in [0.3, 0.4) is 0 Å². The van der Waals surface area contributed by atoms with Crippen LogP contribution in [-0.4, -0.2) is 8.42 Å². The first kappa shape index (κ1) is 8.99. The first-order valence-electron chi connectivity index (χ1n) is 3.22. The average Bonchev–Trinajstić information content (AvgIpc) is 1.91. The van der Waals surface area contributed by atoms with Crippen LogP contribution in [0.2, 0.25) is 0 Å². The highest BCUT2D eigenvalue weighted by atomic mass is 32.2. The smallest absolute Gasteiger partial charge is 0.207 e. The monoisotopic (exact) mass is 186 g/mol. The second-order valence-corrected chi connectivity index (χ2v) is 4.18. The van der Waals surface area contributed by atoms with Gasteiger partial charge in [-0.2, -0.15) is 4.73 Å². The molecule has 0 saturated carbocycles. The second kappa shape index (κ2) is 3.10. The molecule has 1 rings (SSSR count). The molecule has 0 unspecified atom stereocenters. The zero-order valence-corrected chi connectivity index (χ0v) is 7.12. The molecule has 1 radical (unpaired) electrons. The van der Waals surface area contributed by atoms with E-state index < -0.39 is 9.84 Å². The van der Waals surface area contributed by atoms with Gasteiger partial charge in [0.05, 0.1) is 6.26 Å². The highest BCUT2D eigenvalue weighted by Gasteiger charge is 2.11. The number of pyridine rings is 1. The van der Waals surface area contributed by atoms with E-state index in [1.807, 2.05) is 0 Å². The second-order valence-electron chi connectivity index (χ2n) is 2.41. The molecule has 0 aliphatic carbocycles. The maximum Gasteiger partial charge on any atom is 0.207 e. The molecular formula is C7H8NO3S. The standard InChI is InChI=1S/C7H8NO3S/c1-12(10,11)6-7-4-2-3-5-8(7)9/h2-5H,1,6H2. The summed E-state index contributed by atoms with van der Waals surface area (Å²) >= 11 is 0. The summed E-state index contributed by atoms with van der Waals surface area (Å²) in [5.41, 5.74) is 0.188. The lowest BCUT2D eigenvalue weighted by atomic mass is 10.4. The van der Waals surface area contributed by atoms with Gasteiger partial charge in [0.1, 0.15) is 5.75 Å². The normalized spacial score (nSPS) is 11.4. The quantitative estimate of drug-likeness (QED) is 0.483. The number of sulfone groups is 1. The molecule has 0 saturated heterocycles. The molecule has 65 valence electrons. The molecule has 0 spiro atoms. The van der Waals surface area contributed by atoms with E-state index in [1.54, 1.807) is 6.07 Å². The van der Waals surface area contributed by atoms with Gasteiger partial charge in [0.15, 0.2) is 16.0 Å². The van der Waals surface area contributed by atoms with E-state index in [-0.39, 0.29) is 11.4 Å². The summed E-state index contributed by atoms with van der Waals surface area (Å²) in [6.45, 7) is 0. The van der Waals surface area contributed by atoms with Crippen molar-refractivity contribution in [1.82, 2.24) is 0 Å². The fourth-order valence-electron chi connectivity index (χ4n) is 0.801. The molecule has 4 nitrogen and oxygen atoms in total. The van der Waals surface area contributed by atoms with Crippen molar-refractivity contribution in [2.24, 2.45) is 0 Å². The zero-order valence-electron chi connectivity index (χ0n) is 6.30. The molecule has 0 aliphatic heterocycles. The Labute approximate surface area is 71.0 Å². The summed E-state index contributed by atoms with van der Waals surface area (Å²) in [5.74, 6) is -0.322. The van der Waals surface area contributed by atoms with E-state index >= 15 is 0 Å². The Kier molecular flexibility index (Phi) is 2.32. The zero-order chi connectivity index (χ0) is 9.19. The molecule has 1 aromatic rings. The van der Waals surface area contributed by atoms with Crippen LogP contribution in [0.5, 0.6) is 0 Å². The molecule has 5 heteroatoms. The van der Waals surface area contributed by atoms with E-state index in [0.29, 0.717) is 4.73 Å². The molecule has 1 aromatic heterocycles. The topological polar surface area (TPSA) is 61.1 Å². The van der Waals surface area contributed by atoms with Crippen LogP contribution in [0.4, 0.5) is 0 Å². The highest BCUT2D eigenvalue weighted by molar-refractivity contribution is 7.91. The first-order chi connectivity index (χ1) is 5.49. The minimum Gasteiger partial charge on any atom is -0.618 e. The number of hydrogen-bond acceptors (Lipinski definition) is 3. The summed E-state index contributed by atoms with van der Waals surface area (Å²) in [6.07, 6.45) is 4.18. The summed E-state index contributed by atoms with van der Waals surface area (Å²) in [5, 5.41) is 10.9. The van der Waals surface area contributed by atoms with Crippen LogP contribution >= 0.6 is 0 Å². The van der Waals surface area contributed by atoms with E-state index in [0.717, 1.165) is 0 Å². The van der Waals surface area contributed by atoms with Gasteiger partial charge in [-0.05, 0) is 6.07 Å². The van der Waals surface area contributed by atoms with Crippen LogP contribution in [0.1, 0.15) is 5.69 Å². The van der Waals surface area contributed by atoms with Gasteiger partial charge < -0.3 is 5.21 Å². The highest BCUT2D eigenvalue weighted by Crippen LogP contribution is 1.98. The summed E-state index contributed by atoms with van der Waals surface area (Å²) in [7, 11) is -3.37. The van der Waals surface area contributed by atoms with E-state index in [4.69, 9.17) is 0 Å². The van der Waals surface area contributed by atoms with Crippen LogP contribution in [-0.2, 0) is 15.6 Å². The Bertz CT molecular complexity index is 372. The van der Waals surface area contributed by atoms with Crippen molar-refractivity contribution in [3.05, 3.63) is 41.6 Å². The molecule has 1 heterocycles. The molecule has 0 amide bonds. The van der Waals surface area contributed by atoms with Crippen LogP contribution < -0.4 is 4.73 Å². The molecule has 0 atom stereocenters. The Morgan fingerprint density at radius 3 is 2.67 bits per heavy atom. The van der Waals surface area contributed by atoms with Crippen LogP contribution in [0, 0.1) is 11.5 Å². The third-order valence-corrected chi connectivity index (χ3v) is 2.01. The SMILES string of the molecule is [CH2]S(=O)(=O)Cc1cccc[n+]1[O-]. The fourth-order valence-corrected chi connectivity index (χ4v) is 1.47. The van der Waals surface area contributed by atoms with Gasteiger partial charge in [-0.15, -0.1) is 0 Å². The van der Waals surface area contributed by atoms with Crippen molar-refractivity contribution in [3.8, 4) is 0 Å². The van der Waals surface area contributed by atoms with Gasteiger partial charge in [0.25, 0.3) is 0 Å². The third-order valence-electron chi connectivity index (χ3n) is 1.27. The van der Waals surface area contributed by atoms with Gasteiger partial charge in [-0.25, -0.2) is 8.42 Å². The van der Waals surface area contributed by atoms with Crippen molar-refractivity contribution < 1.29 is 13.1 Å². The molecular weight excluding hydrogens is 178 g/mol. The Morgan fingerprint density at radius 2 is 2.17 bits per heavy atom. The molecule has 12 heavy (non-hydrogen) atoms. The number of nitrogens with zero attached hydrogens (tertiary/aromatic N) is 1. The van der Waals surface area contributed by atoms with Crippen molar-refractivity contribution in [2.75, 3.05) is 0 Å². The minimum atomic E-state index is -3.37. The molecule has 0 bridgehead atoms. The predicted octanol–water partition coefficient (Wildman–Crippen LogP) is 0.0264. The molecule has 0 aliphatic rings. The fraction of sp³-hybridized carbons (Fsp3) is 0.143. The van der Waals surface area contributed by atoms with Crippen LogP contribution in [0.25, 0.3) is 0 Å². The number of aromatic nitrogens is 1. The Hall–Kier alpha value is -1.10. The largest absolute Gasteiger partial charge is 0.618 e. The van der Waals surface area contributed by atoms with Gasteiger partial charge in [-0.1, -0.05) is 0 Å². The van der Waals surface area contributed by atoms with Crippen molar-refractivity contribution in [1.29, 1.82) is 0 Å². The minimum absolute atomic E-state index is 0.188. The van der Waals surface area contributed by atoms with Gasteiger partial charge in [-0.3, -0.25) is 0 Å². The number of hydrogen-bond donors (Lipinski definition) is 0. The van der Waals surface area contributed by atoms with E-state index in [1.165, 1.54) is 18.3 Å². The maximum absolute atomic E-state index is 10.9. The van der Waals surface area contributed by atoms with Gasteiger partial charge >= 0.3 is 0 Å². The van der Waals surface area contributed by atoms with Crippen molar-refractivity contribution >= 4 is 9.84 Å². The van der Waals surface area contributed by atoms with Crippen molar-refractivity contribution in [2.45, 2.75) is 5.75 Å².